The molecule has 0 saturated heterocycles. The van der Waals surface area contributed by atoms with Crippen LogP contribution in [0.4, 0.5) is 0 Å². The molecular formula is C29H59Cl. The van der Waals surface area contributed by atoms with Gasteiger partial charge in [-0.05, 0) is 19.3 Å². The molecule has 0 spiro atoms. The number of halogens is 1. The lowest BCUT2D eigenvalue weighted by Crippen LogP contribution is -2.21. The highest BCUT2D eigenvalue weighted by Gasteiger charge is 2.25. The van der Waals surface area contributed by atoms with Gasteiger partial charge in [0.25, 0.3) is 0 Å². The predicted molar refractivity (Wildman–Crippen MR) is 141 cm³/mol. The van der Waals surface area contributed by atoms with Crippen LogP contribution in [-0.2, 0) is 0 Å². The second kappa shape index (κ2) is 23.9. The van der Waals surface area contributed by atoms with E-state index in [-0.39, 0.29) is 4.87 Å². The van der Waals surface area contributed by atoms with Crippen LogP contribution in [0, 0.1) is 0 Å². The van der Waals surface area contributed by atoms with Gasteiger partial charge in [-0.1, -0.05) is 162 Å². The van der Waals surface area contributed by atoms with Crippen molar-refractivity contribution in [2.24, 2.45) is 0 Å². The van der Waals surface area contributed by atoms with Gasteiger partial charge in [-0.3, -0.25) is 0 Å². The van der Waals surface area contributed by atoms with E-state index in [2.05, 4.69) is 20.8 Å². The first kappa shape index (κ1) is 30.3. The van der Waals surface area contributed by atoms with Crippen LogP contribution in [0.5, 0.6) is 0 Å². The molecule has 0 aliphatic rings. The summed E-state index contributed by atoms with van der Waals surface area (Å²) in [5.41, 5.74) is 0. The summed E-state index contributed by atoms with van der Waals surface area (Å²) >= 11 is 7.25. The maximum absolute atomic E-state index is 7.25. The average Bonchev–Trinajstić information content (AvgIpc) is 2.74. The van der Waals surface area contributed by atoms with E-state index in [0.29, 0.717) is 0 Å². The van der Waals surface area contributed by atoms with Crippen molar-refractivity contribution in [3.63, 3.8) is 0 Å². The first-order valence-corrected chi connectivity index (χ1v) is 14.7. The third-order valence-corrected chi connectivity index (χ3v) is 7.50. The Morgan fingerprint density at radius 2 is 0.533 bits per heavy atom. The van der Waals surface area contributed by atoms with Crippen molar-refractivity contribution in [2.75, 3.05) is 0 Å². The molecule has 1 heteroatoms. The van der Waals surface area contributed by atoms with Gasteiger partial charge in [0.1, 0.15) is 0 Å². The Bertz CT molecular complexity index is 293. The van der Waals surface area contributed by atoms with E-state index >= 15 is 0 Å². The van der Waals surface area contributed by atoms with Crippen LogP contribution in [0.15, 0.2) is 0 Å². The van der Waals surface area contributed by atoms with Gasteiger partial charge in [-0.15, -0.1) is 11.6 Å². The molecule has 0 rings (SSSR count). The highest BCUT2D eigenvalue weighted by molar-refractivity contribution is 6.23. The molecule has 0 aliphatic carbocycles. The molecule has 0 atom stereocenters. The zero-order chi connectivity index (χ0) is 22.2. The minimum absolute atomic E-state index is 0.106. The summed E-state index contributed by atoms with van der Waals surface area (Å²) in [6, 6.07) is 0. The Labute approximate surface area is 197 Å². The Kier molecular flexibility index (Phi) is 24.2. The maximum Gasteiger partial charge on any atom is 0.0446 e. The summed E-state index contributed by atoms with van der Waals surface area (Å²) in [6.07, 6.45) is 34.6. The van der Waals surface area contributed by atoms with Crippen LogP contribution in [0.25, 0.3) is 0 Å². The fourth-order valence-electron chi connectivity index (χ4n) is 4.75. The summed E-state index contributed by atoms with van der Waals surface area (Å²) in [5, 5.41) is 0. The van der Waals surface area contributed by atoms with Gasteiger partial charge in [0.05, 0.1) is 0 Å². The van der Waals surface area contributed by atoms with Crippen LogP contribution >= 0.6 is 11.6 Å². The summed E-state index contributed by atoms with van der Waals surface area (Å²) < 4.78 is 0. The fraction of sp³-hybridized carbons (Fsp3) is 1.00. The predicted octanol–water partition coefficient (Wildman–Crippen LogP) is 11.8. The Morgan fingerprint density at radius 1 is 0.333 bits per heavy atom. The van der Waals surface area contributed by atoms with Crippen molar-refractivity contribution >= 4 is 11.6 Å². The largest absolute Gasteiger partial charge is 0.119 e. The molecule has 0 amide bonds. The summed E-state index contributed by atoms with van der Waals surface area (Å²) in [5.74, 6) is 0. The lowest BCUT2D eigenvalue weighted by Gasteiger charge is -2.27. The molecule has 0 nitrogen and oxygen atoms in total. The quantitative estimate of drug-likeness (QED) is 0.0972. The van der Waals surface area contributed by atoms with Crippen molar-refractivity contribution < 1.29 is 0 Å². The first-order chi connectivity index (χ1) is 14.7. The van der Waals surface area contributed by atoms with Gasteiger partial charge in [0, 0.05) is 4.87 Å². The molecule has 0 radical (unpaired) electrons. The molecule has 0 fully saturated rings. The third-order valence-electron chi connectivity index (χ3n) is 6.94. The average molecular weight is 443 g/mol. The molecule has 0 aromatic rings. The Balaban J connectivity index is 4.03. The number of unbranched alkanes of at least 4 members (excludes halogenated alkanes) is 19. The molecule has 0 saturated carbocycles. The zero-order valence-electron chi connectivity index (χ0n) is 21.6. The SMILES string of the molecule is CCCCCCCCCCC(Cl)(CCCCCCCCC)CCCCCCCCC. The molecule has 182 valence electrons. The van der Waals surface area contributed by atoms with Crippen molar-refractivity contribution in [2.45, 2.75) is 186 Å². The van der Waals surface area contributed by atoms with Crippen LogP contribution in [0.3, 0.4) is 0 Å². The van der Waals surface area contributed by atoms with Crippen LogP contribution in [-0.4, -0.2) is 4.87 Å². The molecule has 30 heavy (non-hydrogen) atoms. The third kappa shape index (κ3) is 21.5. The monoisotopic (exact) mass is 442 g/mol. The van der Waals surface area contributed by atoms with Crippen molar-refractivity contribution in [3.8, 4) is 0 Å². The van der Waals surface area contributed by atoms with Gasteiger partial charge in [0.2, 0.25) is 0 Å². The second-order valence-electron chi connectivity index (χ2n) is 10.1. The molecule has 0 bridgehead atoms. The lowest BCUT2D eigenvalue weighted by atomic mass is 9.88. The second-order valence-corrected chi connectivity index (χ2v) is 10.9. The number of rotatable bonds is 25. The van der Waals surface area contributed by atoms with Crippen LogP contribution < -0.4 is 0 Å². The number of hydrogen-bond donors (Lipinski definition) is 0. The molecule has 0 unspecified atom stereocenters. The van der Waals surface area contributed by atoms with Gasteiger partial charge >= 0.3 is 0 Å². The standard InChI is InChI=1S/C29H59Cl/c1-4-7-10-13-16-19-22-25-28-29(30,26-23-20-17-14-11-8-5-2)27-24-21-18-15-12-9-6-3/h4-28H2,1-3H3. The molecular weight excluding hydrogens is 384 g/mol. The zero-order valence-corrected chi connectivity index (χ0v) is 22.3. The van der Waals surface area contributed by atoms with Crippen LogP contribution in [0.1, 0.15) is 181 Å². The number of hydrogen-bond acceptors (Lipinski definition) is 0. The van der Waals surface area contributed by atoms with E-state index < -0.39 is 0 Å². The minimum Gasteiger partial charge on any atom is -0.119 e. The van der Waals surface area contributed by atoms with E-state index in [1.807, 2.05) is 0 Å². The number of alkyl halides is 1. The fourth-order valence-corrected chi connectivity index (χ4v) is 5.15. The Hall–Kier alpha value is 0.290. The van der Waals surface area contributed by atoms with Gasteiger partial charge < -0.3 is 0 Å². The lowest BCUT2D eigenvalue weighted by molar-refractivity contribution is 0.394. The first-order valence-electron chi connectivity index (χ1n) is 14.4. The molecule has 0 heterocycles. The molecule has 0 aromatic carbocycles. The van der Waals surface area contributed by atoms with E-state index in [1.54, 1.807) is 0 Å². The summed E-state index contributed by atoms with van der Waals surface area (Å²) in [6.45, 7) is 6.91. The summed E-state index contributed by atoms with van der Waals surface area (Å²) in [7, 11) is 0. The summed E-state index contributed by atoms with van der Waals surface area (Å²) in [4.78, 5) is 0.106. The van der Waals surface area contributed by atoms with Gasteiger partial charge in [0.15, 0.2) is 0 Å². The van der Waals surface area contributed by atoms with Crippen molar-refractivity contribution in [1.29, 1.82) is 0 Å². The van der Waals surface area contributed by atoms with Crippen molar-refractivity contribution in [3.05, 3.63) is 0 Å². The van der Waals surface area contributed by atoms with Gasteiger partial charge in [-0.2, -0.15) is 0 Å². The minimum atomic E-state index is 0.106. The van der Waals surface area contributed by atoms with E-state index in [4.69, 9.17) is 11.6 Å². The molecule has 0 N–H and O–H groups in total. The Morgan fingerprint density at radius 3 is 0.767 bits per heavy atom. The highest BCUT2D eigenvalue weighted by atomic mass is 35.5. The molecule has 0 aliphatic heterocycles. The molecule has 0 aromatic heterocycles. The highest BCUT2D eigenvalue weighted by Crippen LogP contribution is 2.35. The smallest absolute Gasteiger partial charge is 0.0446 e. The van der Waals surface area contributed by atoms with E-state index in [9.17, 15) is 0 Å². The van der Waals surface area contributed by atoms with Crippen LogP contribution in [0.2, 0.25) is 0 Å². The van der Waals surface area contributed by atoms with E-state index in [0.717, 1.165) is 0 Å². The normalized spacial score (nSPS) is 12.0. The van der Waals surface area contributed by atoms with Gasteiger partial charge in [-0.25, -0.2) is 0 Å². The van der Waals surface area contributed by atoms with Crippen molar-refractivity contribution in [1.82, 2.24) is 0 Å². The van der Waals surface area contributed by atoms with E-state index in [1.165, 1.54) is 161 Å². The maximum atomic E-state index is 7.25. The topological polar surface area (TPSA) is 0 Å².